The lowest BCUT2D eigenvalue weighted by Gasteiger charge is -2.12. The number of hydrogen-bond donors (Lipinski definition) is 2. The van der Waals surface area contributed by atoms with Crippen molar-refractivity contribution in [1.29, 1.82) is 0 Å². The Bertz CT molecular complexity index is 492. The van der Waals surface area contributed by atoms with Crippen LogP contribution in [0.1, 0.15) is 39.2 Å². The third kappa shape index (κ3) is 6.76. The van der Waals surface area contributed by atoms with Gasteiger partial charge in [-0.3, -0.25) is 5.43 Å². The molecule has 0 saturated carbocycles. The summed E-state index contributed by atoms with van der Waals surface area (Å²) in [7, 11) is 0. The van der Waals surface area contributed by atoms with Crippen molar-refractivity contribution in [3.05, 3.63) is 23.8 Å². The van der Waals surface area contributed by atoms with Crippen LogP contribution in [0.5, 0.6) is 11.5 Å². The Morgan fingerprint density at radius 1 is 1.23 bits per heavy atom. The molecule has 0 atom stereocenters. The fourth-order valence-electron chi connectivity index (χ4n) is 1.68. The number of unbranched alkanes of at least 4 members (excludes halogenated alkanes) is 1. The van der Waals surface area contributed by atoms with E-state index in [1.54, 1.807) is 6.21 Å². The van der Waals surface area contributed by atoms with Gasteiger partial charge in [0.1, 0.15) is 0 Å². The number of hydrogen-bond acceptors (Lipinski definition) is 4. The van der Waals surface area contributed by atoms with E-state index in [1.807, 2.05) is 32.0 Å². The van der Waals surface area contributed by atoms with Gasteiger partial charge in [0.2, 0.25) is 0 Å². The van der Waals surface area contributed by atoms with Crippen molar-refractivity contribution in [3.8, 4) is 11.5 Å². The molecule has 122 valence electrons. The highest BCUT2D eigenvalue weighted by Crippen LogP contribution is 2.28. The third-order valence-electron chi connectivity index (χ3n) is 2.74. The van der Waals surface area contributed by atoms with E-state index in [9.17, 15) is 0 Å². The van der Waals surface area contributed by atoms with Gasteiger partial charge in [0.25, 0.3) is 0 Å². The van der Waals surface area contributed by atoms with Crippen molar-refractivity contribution in [2.75, 3.05) is 19.8 Å². The minimum atomic E-state index is 0.503. The maximum absolute atomic E-state index is 5.74. The monoisotopic (exact) mass is 323 g/mol. The van der Waals surface area contributed by atoms with Crippen LogP contribution in [-0.4, -0.2) is 31.1 Å². The molecule has 2 N–H and O–H groups in total. The Labute approximate surface area is 138 Å². The summed E-state index contributed by atoms with van der Waals surface area (Å²) in [5.74, 6) is 1.50. The molecule has 0 aromatic heterocycles. The van der Waals surface area contributed by atoms with Gasteiger partial charge in [-0.15, -0.1) is 0 Å². The topological polar surface area (TPSA) is 54.9 Å². The Morgan fingerprint density at radius 2 is 2.05 bits per heavy atom. The lowest BCUT2D eigenvalue weighted by Crippen LogP contribution is -2.31. The summed E-state index contributed by atoms with van der Waals surface area (Å²) in [5.41, 5.74) is 3.67. The van der Waals surface area contributed by atoms with Gasteiger partial charge in [-0.1, -0.05) is 13.3 Å². The van der Waals surface area contributed by atoms with Gasteiger partial charge in [-0.25, -0.2) is 0 Å². The normalized spacial score (nSPS) is 10.5. The first kappa shape index (κ1) is 18.2. The molecule has 0 aliphatic rings. The maximum atomic E-state index is 5.74. The Balaban J connectivity index is 2.70. The van der Waals surface area contributed by atoms with Gasteiger partial charge in [0.15, 0.2) is 16.6 Å². The molecule has 0 spiro atoms. The predicted octanol–water partition coefficient (Wildman–Crippen LogP) is 3.08. The number of rotatable bonds is 9. The molecule has 1 aromatic carbocycles. The Kier molecular flexibility index (Phi) is 8.98. The maximum Gasteiger partial charge on any atom is 0.186 e. The molecular weight excluding hydrogens is 298 g/mol. The largest absolute Gasteiger partial charge is 0.490 e. The lowest BCUT2D eigenvalue weighted by molar-refractivity contribution is 0.272. The molecule has 0 amide bonds. The van der Waals surface area contributed by atoms with E-state index < -0.39 is 0 Å². The van der Waals surface area contributed by atoms with Gasteiger partial charge in [0.05, 0.1) is 19.4 Å². The van der Waals surface area contributed by atoms with Crippen molar-refractivity contribution in [3.63, 3.8) is 0 Å². The van der Waals surface area contributed by atoms with Crippen LogP contribution in [0.25, 0.3) is 0 Å². The van der Waals surface area contributed by atoms with Crippen molar-refractivity contribution in [2.45, 2.75) is 33.6 Å². The standard InChI is InChI=1S/C16H25N3O2S/c1-4-7-10-21-14-9-8-13(11-15(14)20-6-3)12-18-19-16(22)17-5-2/h8-9,11-12H,4-7,10H2,1-3H3,(H2,17,19,22)/b18-12-. The minimum absolute atomic E-state index is 0.503. The van der Waals surface area contributed by atoms with Crippen LogP contribution in [0.15, 0.2) is 23.3 Å². The summed E-state index contributed by atoms with van der Waals surface area (Å²) in [6.45, 7) is 8.11. The number of nitrogens with zero attached hydrogens (tertiary/aromatic N) is 1. The molecule has 1 rings (SSSR count). The SMILES string of the molecule is CCCCOc1ccc(/C=N\NC(=S)NCC)cc1OCC. The van der Waals surface area contributed by atoms with Crippen LogP contribution >= 0.6 is 12.2 Å². The highest BCUT2D eigenvalue weighted by atomic mass is 32.1. The van der Waals surface area contributed by atoms with Crippen LogP contribution in [0.2, 0.25) is 0 Å². The van der Waals surface area contributed by atoms with E-state index in [-0.39, 0.29) is 0 Å². The quantitative estimate of drug-likeness (QED) is 0.316. The van der Waals surface area contributed by atoms with E-state index in [1.165, 1.54) is 0 Å². The van der Waals surface area contributed by atoms with Crippen molar-refractivity contribution in [2.24, 2.45) is 5.10 Å². The molecule has 0 fully saturated rings. The summed E-state index contributed by atoms with van der Waals surface area (Å²) in [6, 6.07) is 5.75. The van der Waals surface area contributed by atoms with Crippen molar-refractivity contribution >= 4 is 23.5 Å². The van der Waals surface area contributed by atoms with Gasteiger partial charge in [0, 0.05) is 6.54 Å². The minimum Gasteiger partial charge on any atom is -0.490 e. The summed E-state index contributed by atoms with van der Waals surface area (Å²) in [4.78, 5) is 0. The number of ether oxygens (including phenoxy) is 2. The molecule has 0 bridgehead atoms. The van der Waals surface area contributed by atoms with Crippen LogP contribution in [0, 0.1) is 0 Å². The van der Waals surface area contributed by atoms with Crippen LogP contribution in [-0.2, 0) is 0 Å². The Morgan fingerprint density at radius 3 is 2.73 bits per heavy atom. The fraction of sp³-hybridized carbons (Fsp3) is 0.500. The van der Waals surface area contributed by atoms with Gasteiger partial charge >= 0.3 is 0 Å². The van der Waals surface area contributed by atoms with Crippen LogP contribution in [0.3, 0.4) is 0 Å². The summed E-state index contributed by atoms with van der Waals surface area (Å²) < 4.78 is 11.4. The van der Waals surface area contributed by atoms with E-state index in [0.29, 0.717) is 18.3 Å². The van der Waals surface area contributed by atoms with E-state index >= 15 is 0 Å². The summed E-state index contributed by atoms with van der Waals surface area (Å²) in [6.07, 6.45) is 3.83. The van der Waals surface area contributed by atoms with Crippen LogP contribution in [0.4, 0.5) is 0 Å². The molecule has 0 aliphatic heterocycles. The zero-order chi connectivity index (χ0) is 16.2. The predicted molar refractivity (Wildman–Crippen MR) is 95.0 cm³/mol. The number of benzene rings is 1. The molecule has 0 radical (unpaired) electrons. The van der Waals surface area contributed by atoms with Gasteiger partial charge in [-0.2, -0.15) is 5.10 Å². The van der Waals surface area contributed by atoms with Crippen molar-refractivity contribution in [1.82, 2.24) is 10.7 Å². The first-order valence-corrected chi connectivity index (χ1v) is 8.08. The second-order valence-corrected chi connectivity index (χ2v) is 4.98. The fourth-order valence-corrected chi connectivity index (χ4v) is 1.88. The van der Waals surface area contributed by atoms with Crippen LogP contribution < -0.4 is 20.2 Å². The molecule has 0 saturated heterocycles. The first-order chi connectivity index (χ1) is 10.7. The molecule has 6 heteroatoms. The molecule has 22 heavy (non-hydrogen) atoms. The molecule has 5 nitrogen and oxygen atoms in total. The van der Waals surface area contributed by atoms with Gasteiger partial charge in [-0.05, 0) is 56.2 Å². The van der Waals surface area contributed by atoms with Gasteiger partial charge < -0.3 is 14.8 Å². The summed E-state index contributed by atoms with van der Waals surface area (Å²) >= 11 is 5.04. The van der Waals surface area contributed by atoms with E-state index in [4.69, 9.17) is 21.7 Å². The lowest BCUT2D eigenvalue weighted by atomic mass is 10.2. The molecule has 0 aliphatic carbocycles. The molecule has 1 aromatic rings. The zero-order valence-electron chi connectivity index (χ0n) is 13.5. The van der Waals surface area contributed by atoms with E-state index in [2.05, 4.69) is 22.8 Å². The number of thiocarbonyl (C=S) groups is 1. The van der Waals surface area contributed by atoms with Crippen molar-refractivity contribution < 1.29 is 9.47 Å². The molecule has 0 unspecified atom stereocenters. The molecular formula is C16H25N3O2S. The highest BCUT2D eigenvalue weighted by Gasteiger charge is 2.05. The Hall–Kier alpha value is -1.82. The third-order valence-corrected chi connectivity index (χ3v) is 2.98. The average Bonchev–Trinajstić information content (AvgIpc) is 2.50. The number of hydrazone groups is 1. The number of nitrogens with one attached hydrogen (secondary N) is 2. The zero-order valence-corrected chi connectivity index (χ0v) is 14.3. The van der Waals surface area contributed by atoms with E-state index in [0.717, 1.165) is 36.4 Å². The molecule has 0 heterocycles. The second kappa shape index (κ2) is 10.8. The average molecular weight is 323 g/mol. The first-order valence-electron chi connectivity index (χ1n) is 7.67. The second-order valence-electron chi connectivity index (χ2n) is 4.57. The highest BCUT2D eigenvalue weighted by molar-refractivity contribution is 7.80. The summed E-state index contributed by atoms with van der Waals surface area (Å²) in [5, 5.41) is 7.56. The smallest absolute Gasteiger partial charge is 0.186 e.